The maximum atomic E-state index is 13.3. The average Bonchev–Trinajstić information content (AvgIpc) is 3.03. The molecule has 144 valence electrons. The fraction of sp³-hybridized carbons (Fsp3) is 0.250. The lowest BCUT2D eigenvalue weighted by Gasteiger charge is -2.34. The van der Waals surface area contributed by atoms with E-state index in [-0.39, 0.29) is 24.0 Å². The van der Waals surface area contributed by atoms with E-state index in [2.05, 4.69) is 4.98 Å². The molecule has 7 nitrogen and oxygen atoms in total. The van der Waals surface area contributed by atoms with Crippen LogP contribution in [0.3, 0.4) is 0 Å². The van der Waals surface area contributed by atoms with Crippen molar-refractivity contribution in [3.63, 3.8) is 0 Å². The van der Waals surface area contributed by atoms with Crippen molar-refractivity contribution in [3.8, 4) is 0 Å². The third kappa shape index (κ3) is 3.40. The number of aromatic amines is 1. The normalized spacial score (nSPS) is 14.5. The summed E-state index contributed by atoms with van der Waals surface area (Å²) in [5.41, 5.74) is 1.34. The van der Waals surface area contributed by atoms with Gasteiger partial charge in [0.2, 0.25) is 5.91 Å². The molecule has 1 fully saturated rings. The number of fused-ring (bicyclic) bond motifs is 1. The Balaban J connectivity index is 1.41. The molecular weight excluding hydrogens is 363 g/mol. The van der Waals surface area contributed by atoms with Gasteiger partial charge in [0.1, 0.15) is 12.4 Å². The van der Waals surface area contributed by atoms with Crippen molar-refractivity contribution in [1.29, 1.82) is 0 Å². The Morgan fingerprint density at radius 3 is 2.43 bits per heavy atom. The maximum Gasteiger partial charge on any atom is 0.326 e. The molecule has 3 aromatic rings. The van der Waals surface area contributed by atoms with Gasteiger partial charge in [0, 0.05) is 31.7 Å². The lowest BCUT2D eigenvalue weighted by Crippen LogP contribution is -2.51. The molecule has 0 bridgehead atoms. The number of amides is 2. The van der Waals surface area contributed by atoms with Gasteiger partial charge in [-0.15, -0.1) is 0 Å². The summed E-state index contributed by atoms with van der Waals surface area (Å²) in [6.07, 6.45) is 0. The van der Waals surface area contributed by atoms with Crippen LogP contribution in [0, 0.1) is 5.82 Å². The van der Waals surface area contributed by atoms with Gasteiger partial charge in [-0.25, -0.2) is 9.18 Å². The number of nitrogens with zero attached hydrogens (tertiary/aromatic N) is 3. The van der Waals surface area contributed by atoms with Crippen molar-refractivity contribution in [1.82, 2.24) is 19.4 Å². The molecule has 2 amide bonds. The fourth-order valence-corrected chi connectivity index (χ4v) is 3.46. The van der Waals surface area contributed by atoms with E-state index in [9.17, 15) is 18.8 Å². The smallest absolute Gasteiger partial charge is 0.326 e. The van der Waals surface area contributed by atoms with Gasteiger partial charge in [-0.1, -0.05) is 18.2 Å². The summed E-state index contributed by atoms with van der Waals surface area (Å²) < 4.78 is 14.8. The van der Waals surface area contributed by atoms with Crippen LogP contribution in [0.1, 0.15) is 10.4 Å². The second-order valence-electron chi connectivity index (χ2n) is 6.72. The highest BCUT2D eigenvalue weighted by Gasteiger charge is 2.25. The van der Waals surface area contributed by atoms with E-state index < -0.39 is 5.82 Å². The van der Waals surface area contributed by atoms with E-state index in [0.717, 1.165) is 0 Å². The number of nitrogens with one attached hydrogen (secondary N) is 1. The largest absolute Gasteiger partial charge is 0.338 e. The molecule has 0 radical (unpaired) electrons. The van der Waals surface area contributed by atoms with Gasteiger partial charge >= 0.3 is 5.69 Å². The van der Waals surface area contributed by atoms with Crippen LogP contribution in [0.2, 0.25) is 0 Å². The zero-order chi connectivity index (χ0) is 19.7. The number of carbonyl (C=O) groups excluding carboxylic acids is 2. The van der Waals surface area contributed by atoms with Crippen LogP contribution < -0.4 is 5.69 Å². The van der Waals surface area contributed by atoms with Crippen molar-refractivity contribution >= 4 is 22.8 Å². The molecule has 0 aliphatic carbocycles. The monoisotopic (exact) mass is 382 g/mol. The lowest BCUT2D eigenvalue weighted by molar-refractivity contribution is -0.133. The molecule has 2 heterocycles. The van der Waals surface area contributed by atoms with Crippen LogP contribution in [0.15, 0.2) is 53.3 Å². The van der Waals surface area contributed by atoms with Gasteiger partial charge in [-0.05, 0) is 30.3 Å². The van der Waals surface area contributed by atoms with Crippen LogP contribution in [0.5, 0.6) is 0 Å². The van der Waals surface area contributed by atoms with Crippen LogP contribution >= 0.6 is 0 Å². The van der Waals surface area contributed by atoms with Crippen molar-refractivity contribution in [2.75, 3.05) is 26.2 Å². The van der Waals surface area contributed by atoms with E-state index in [1.807, 2.05) is 12.1 Å². The summed E-state index contributed by atoms with van der Waals surface area (Å²) in [7, 11) is 0. The van der Waals surface area contributed by atoms with E-state index in [0.29, 0.717) is 42.8 Å². The molecule has 1 aromatic heterocycles. The molecule has 1 aliphatic rings. The summed E-state index contributed by atoms with van der Waals surface area (Å²) in [5.74, 6) is -0.881. The van der Waals surface area contributed by atoms with Crippen LogP contribution in [0.4, 0.5) is 4.39 Å². The second-order valence-corrected chi connectivity index (χ2v) is 6.72. The number of rotatable bonds is 3. The maximum absolute atomic E-state index is 13.3. The Bertz CT molecular complexity index is 1100. The first kappa shape index (κ1) is 18.0. The zero-order valence-corrected chi connectivity index (χ0v) is 15.1. The molecule has 1 N–H and O–H groups in total. The number of para-hydroxylation sites is 2. The molecular formula is C20H19FN4O3. The molecule has 28 heavy (non-hydrogen) atoms. The number of benzene rings is 2. The predicted octanol–water partition coefficient (Wildman–Crippen LogP) is 1.45. The molecule has 8 heteroatoms. The van der Waals surface area contributed by atoms with Crippen molar-refractivity contribution in [3.05, 3.63) is 70.4 Å². The van der Waals surface area contributed by atoms with Gasteiger partial charge in [0.25, 0.3) is 5.91 Å². The minimum atomic E-state index is -0.455. The molecule has 1 saturated heterocycles. The van der Waals surface area contributed by atoms with Gasteiger partial charge in [0.05, 0.1) is 11.0 Å². The summed E-state index contributed by atoms with van der Waals surface area (Å²) in [6, 6.07) is 12.8. The first-order valence-corrected chi connectivity index (χ1v) is 9.03. The van der Waals surface area contributed by atoms with Crippen LogP contribution in [0.25, 0.3) is 11.0 Å². The number of H-pyrrole nitrogens is 1. The molecule has 0 saturated carbocycles. The molecule has 4 rings (SSSR count). The minimum absolute atomic E-state index is 0.0549. The van der Waals surface area contributed by atoms with Crippen LogP contribution in [-0.2, 0) is 11.3 Å². The highest BCUT2D eigenvalue weighted by atomic mass is 19.1. The molecule has 0 unspecified atom stereocenters. The van der Waals surface area contributed by atoms with Crippen molar-refractivity contribution in [2.45, 2.75) is 6.54 Å². The van der Waals surface area contributed by atoms with Gasteiger partial charge in [-0.3, -0.25) is 14.2 Å². The molecule has 0 spiro atoms. The second kappa shape index (κ2) is 7.30. The fourth-order valence-electron chi connectivity index (χ4n) is 3.46. The van der Waals surface area contributed by atoms with Gasteiger partial charge in [0.15, 0.2) is 0 Å². The Morgan fingerprint density at radius 2 is 1.68 bits per heavy atom. The number of hydrogen-bond acceptors (Lipinski definition) is 3. The minimum Gasteiger partial charge on any atom is -0.338 e. The first-order valence-electron chi connectivity index (χ1n) is 9.03. The van der Waals surface area contributed by atoms with Crippen LogP contribution in [-0.4, -0.2) is 57.3 Å². The SMILES string of the molecule is O=C(Cn1c(=O)[nH]c2ccccc21)N1CCN(C(=O)c2cccc(F)c2)CC1. The quantitative estimate of drug-likeness (QED) is 0.745. The van der Waals surface area contributed by atoms with E-state index in [1.165, 1.54) is 22.8 Å². The van der Waals surface area contributed by atoms with Gasteiger partial charge in [-0.2, -0.15) is 0 Å². The Morgan fingerprint density at radius 1 is 0.964 bits per heavy atom. The standard InChI is InChI=1S/C20H19FN4O3/c21-15-5-3-4-14(12-15)19(27)24-10-8-23(9-11-24)18(26)13-25-17-7-2-1-6-16(17)22-20(25)28/h1-7,12H,8-11,13H2,(H,22,28). The highest BCUT2D eigenvalue weighted by Crippen LogP contribution is 2.12. The summed E-state index contributed by atoms with van der Waals surface area (Å²) in [6.45, 7) is 1.42. The summed E-state index contributed by atoms with van der Waals surface area (Å²) in [4.78, 5) is 43.3. The Kier molecular flexibility index (Phi) is 4.68. The zero-order valence-electron chi connectivity index (χ0n) is 15.1. The van der Waals surface area contributed by atoms with Crippen molar-refractivity contribution < 1.29 is 14.0 Å². The summed E-state index contributed by atoms with van der Waals surface area (Å²) in [5, 5.41) is 0. The molecule has 2 aromatic carbocycles. The molecule has 0 atom stereocenters. The molecule has 1 aliphatic heterocycles. The summed E-state index contributed by atoms with van der Waals surface area (Å²) >= 11 is 0. The number of piperazine rings is 1. The number of hydrogen-bond donors (Lipinski definition) is 1. The van der Waals surface area contributed by atoms with Gasteiger partial charge < -0.3 is 14.8 Å². The Labute approximate surface area is 160 Å². The highest BCUT2D eigenvalue weighted by molar-refractivity contribution is 5.94. The van der Waals surface area contributed by atoms with Crippen molar-refractivity contribution in [2.24, 2.45) is 0 Å². The predicted molar refractivity (Wildman–Crippen MR) is 101 cm³/mol. The average molecular weight is 382 g/mol. The first-order chi connectivity index (χ1) is 13.5. The number of carbonyl (C=O) groups is 2. The number of imidazole rings is 1. The van der Waals surface area contributed by atoms with E-state index >= 15 is 0 Å². The van der Waals surface area contributed by atoms with E-state index in [4.69, 9.17) is 0 Å². The number of halogens is 1. The topological polar surface area (TPSA) is 78.4 Å². The van der Waals surface area contributed by atoms with E-state index in [1.54, 1.807) is 28.0 Å². The lowest BCUT2D eigenvalue weighted by atomic mass is 10.1. The third-order valence-corrected chi connectivity index (χ3v) is 4.97. The Hall–Kier alpha value is -3.42. The third-order valence-electron chi connectivity index (χ3n) is 4.97. The number of aromatic nitrogens is 2.